The molecule has 0 spiro atoms. The summed E-state index contributed by atoms with van der Waals surface area (Å²) in [5.74, 6) is 1.69. The van der Waals surface area contributed by atoms with Gasteiger partial charge < -0.3 is 15.4 Å². The van der Waals surface area contributed by atoms with Gasteiger partial charge in [-0.1, -0.05) is 12.1 Å². The molecule has 4 heteroatoms. The number of hydrogen-bond acceptors (Lipinski definition) is 3. The maximum atomic E-state index is 12.2. The number of carbonyl (C=O) groups excluding carboxylic acids is 1. The smallest absolute Gasteiger partial charge is 0.222 e. The van der Waals surface area contributed by atoms with E-state index in [1.807, 2.05) is 29.2 Å². The molecule has 2 N–H and O–H groups in total. The molecule has 4 nitrogen and oxygen atoms in total. The minimum Gasteiger partial charge on any atom is -0.497 e. The van der Waals surface area contributed by atoms with Gasteiger partial charge in [0, 0.05) is 19.5 Å². The summed E-state index contributed by atoms with van der Waals surface area (Å²) in [4.78, 5) is 14.2. The summed E-state index contributed by atoms with van der Waals surface area (Å²) in [6.07, 6.45) is 3.43. The number of likely N-dealkylation sites (tertiary alicyclic amines) is 1. The molecule has 0 aliphatic carbocycles. The topological polar surface area (TPSA) is 55.6 Å². The highest BCUT2D eigenvalue weighted by atomic mass is 16.5. The minimum atomic E-state index is 0.253. The fourth-order valence-electron chi connectivity index (χ4n) is 2.66. The summed E-state index contributed by atoms with van der Waals surface area (Å²) in [5.41, 5.74) is 6.82. The number of aryl methyl sites for hydroxylation is 1. The first-order valence-corrected chi connectivity index (χ1v) is 7.33. The van der Waals surface area contributed by atoms with E-state index in [1.165, 1.54) is 0 Å². The first-order valence-electron chi connectivity index (χ1n) is 7.33. The molecule has 1 saturated heterocycles. The lowest BCUT2D eigenvalue weighted by molar-refractivity contribution is -0.132. The van der Waals surface area contributed by atoms with Gasteiger partial charge in [-0.15, -0.1) is 0 Å². The Labute approximate surface area is 120 Å². The molecule has 0 radical (unpaired) electrons. The van der Waals surface area contributed by atoms with E-state index in [9.17, 15) is 4.79 Å². The molecule has 0 aromatic heterocycles. The Morgan fingerprint density at radius 3 is 2.80 bits per heavy atom. The number of benzene rings is 1. The molecule has 1 amide bonds. The number of nitrogens with two attached hydrogens (primary N) is 1. The van der Waals surface area contributed by atoms with Gasteiger partial charge in [-0.25, -0.2) is 0 Å². The third-order valence-corrected chi connectivity index (χ3v) is 4.06. The lowest BCUT2D eigenvalue weighted by Crippen LogP contribution is -2.40. The van der Waals surface area contributed by atoms with Crippen molar-refractivity contribution in [3.05, 3.63) is 29.8 Å². The number of rotatable bonds is 5. The fourth-order valence-corrected chi connectivity index (χ4v) is 2.66. The monoisotopic (exact) mass is 276 g/mol. The maximum absolute atomic E-state index is 12.2. The molecular formula is C16H24N2O2. The molecule has 0 atom stereocenters. The highest BCUT2D eigenvalue weighted by Crippen LogP contribution is 2.18. The van der Waals surface area contributed by atoms with E-state index in [0.717, 1.165) is 50.2 Å². The summed E-state index contributed by atoms with van der Waals surface area (Å²) in [6, 6.07) is 7.92. The van der Waals surface area contributed by atoms with E-state index < -0.39 is 0 Å². The van der Waals surface area contributed by atoms with Crippen LogP contribution in [0.1, 0.15) is 24.8 Å². The molecule has 1 aromatic rings. The average molecular weight is 276 g/mol. The van der Waals surface area contributed by atoms with Crippen molar-refractivity contribution in [3.63, 3.8) is 0 Å². The molecule has 1 fully saturated rings. The van der Waals surface area contributed by atoms with Crippen molar-refractivity contribution in [3.8, 4) is 5.75 Å². The molecule has 0 unspecified atom stereocenters. The molecule has 20 heavy (non-hydrogen) atoms. The number of carbonyl (C=O) groups is 1. The van der Waals surface area contributed by atoms with Crippen LogP contribution >= 0.6 is 0 Å². The zero-order chi connectivity index (χ0) is 14.4. The summed E-state index contributed by atoms with van der Waals surface area (Å²) in [6.45, 7) is 2.46. The van der Waals surface area contributed by atoms with Gasteiger partial charge in [0.15, 0.2) is 0 Å². The van der Waals surface area contributed by atoms with E-state index in [4.69, 9.17) is 10.5 Å². The van der Waals surface area contributed by atoms with E-state index in [1.54, 1.807) is 7.11 Å². The molecule has 1 aliphatic rings. The van der Waals surface area contributed by atoms with Gasteiger partial charge in [-0.2, -0.15) is 0 Å². The molecule has 110 valence electrons. The lowest BCUT2D eigenvalue weighted by atomic mass is 9.96. The van der Waals surface area contributed by atoms with E-state index >= 15 is 0 Å². The molecule has 2 rings (SSSR count). The predicted octanol–water partition coefficient (Wildman–Crippen LogP) is 1.83. The van der Waals surface area contributed by atoms with Crippen LogP contribution in [0.5, 0.6) is 5.75 Å². The van der Waals surface area contributed by atoms with Gasteiger partial charge in [0.05, 0.1) is 7.11 Å². The first kappa shape index (κ1) is 14.9. The Morgan fingerprint density at radius 1 is 1.40 bits per heavy atom. The SMILES string of the molecule is COc1cccc(CCC(=O)N2CCC(CN)CC2)c1. The van der Waals surface area contributed by atoms with Crippen molar-refractivity contribution in [2.24, 2.45) is 11.7 Å². The van der Waals surface area contributed by atoms with Gasteiger partial charge >= 0.3 is 0 Å². The van der Waals surface area contributed by atoms with E-state index in [-0.39, 0.29) is 5.91 Å². The Hall–Kier alpha value is -1.55. The Bertz CT molecular complexity index is 440. The summed E-state index contributed by atoms with van der Waals surface area (Å²) in [7, 11) is 1.66. The molecular weight excluding hydrogens is 252 g/mol. The van der Waals surface area contributed by atoms with E-state index in [2.05, 4.69) is 0 Å². The normalized spacial score (nSPS) is 16.2. The van der Waals surface area contributed by atoms with Crippen LogP contribution in [0.25, 0.3) is 0 Å². The Morgan fingerprint density at radius 2 is 2.15 bits per heavy atom. The first-order chi connectivity index (χ1) is 9.72. The summed E-state index contributed by atoms with van der Waals surface area (Å²) < 4.78 is 5.19. The van der Waals surface area contributed by atoms with Crippen LogP contribution in [0.15, 0.2) is 24.3 Å². The third-order valence-electron chi connectivity index (χ3n) is 4.06. The van der Waals surface area contributed by atoms with Crippen LogP contribution in [-0.2, 0) is 11.2 Å². The number of ether oxygens (including phenoxy) is 1. The second-order valence-electron chi connectivity index (χ2n) is 5.41. The number of hydrogen-bond donors (Lipinski definition) is 1. The number of nitrogens with zero attached hydrogens (tertiary/aromatic N) is 1. The van der Waals surface area contributed by atoms with Crippen LogP contribution in [0, 0.1) is 5.92 Å². The predicted molar refractivity (Wildman–Crippen MR) is 79.7 cm³/mol. The lowest BCUT2D eigenvalue weighted by Gasteiger charge is -2.31. The van der Waals surface area contributed by atoms with Gasteiger partial charge in [-0.3, -0.25) is 4.79 Å². The highest BCUT2D eigenvalue weighted by Gasteiger charge is 2.21. The second kappa shape index (κ2) is 7.29. The van der Waals surface area contributed by atoms with Gasteiger partial charge in [0.25, 0.3) is 0 Å². The third kappa shape index (κ3) is 3.97. The van der Waals surface area contributed by atoms with Crippen molar-refractivity contribution >= 4 is 5.91 Å². The Kier molecular flexibility index (Phi) is 5.41. The van der Waals surface area contributed by atoms with Gasteiger partial charge in [0.1, 0.15) is 5.75 Å². The molecule has 0 saturated carbocycles. The van der Waals surface area contributed by atoms with Gasteiger partial charge in [0.2, 0.25) is 5.91 Å². The molecule has 1 aromatic carbocycles. The average Bonchev–Trinajstić information content (AvgIpc) is 2.53. The minimum absolute atomic E-state index is 0.253. The van der Waals surface area contributed by atoms with Crippen LogP contribution in [0.4, 0.5) is 0 Å². The van der Waals surface area contributed by atoms with Crippen LogP contribution in [0.2, 0.25) is 0 Å². The second-order valence-corrected chi connectivity index (χ2v) is 5.41. The van der Waals surface area contributed by atoms with Crippen molar-refractivity contribution < 1.29 is 9.53 Å². The van der Waals surface area contributed by atoms with Gasteiger partial charge in [-0.05, 0) is 49.4 Å². The molecule has 0 bridgehead atoms. The standard InChI is InChI=1S/C16H24N2O2/c1-20-15-4-2-3-13(11-15)5-6-16(19)18-9-7-14(12-17)8-10-18/h2-4,11,14H,5-10,12,17H2,1H3. The molecule has 1 heterocycles. The van der Waals surface area contributed by atoms with E-state index in [0.29, 0.717) is 12.3 Å². The highest BCUT2D eigenvalue weighted by molar-refractivity contribution is 5.76. The van der Waals surface area contributed by atoms with Crippen molar-refractivity contribution in [2.45, 2.75) is 25.7 Å². The number of piperidine rings is 1. The van der Waals surface area contributed by atoms with Crippen LogP contribution < -0.4 is 10.5 Å². The van der Waals surface area contributed by atoms with Crippen LogP contribution in [-0.4, -0.2) is 37.6 Å². The summed E-state index contributed by atoms with van der Waals surface area (Å²) >= 11 is 0. The van der Waals surface area contributed by atoms with Crippen molar-refractivity contribution in [1.82, 2.24) is 4.90 Å². The van der Waals surface area contributed by atoms with Crippen LogP contribution in [0.3, 0.4) is 0 Å². The quantitative estimate of drug-likeness (QED) is 0.892. The zero-order valence-electron chi connectivity index (χ0n) is 12.2. The number of amides is 1. The largest absolute Gasteiger partial charge is 0.497 e. The Balaban J connectivity index is 1.80. The zero-order valence-corrected chi connectivity index (χ0v) is 12.2. The van der Waals surface area contributed by atoms with Crippen molar-refractivity contribution in [2.75, 3.05) is 26.7 Å². The maximum Gasteiger partial charge on any atom is 0.222 e. The van der Waals surface area contributed by atoms with Crippen molar-refractivity contribution in [1.29, 1.82) is 0 Å². The number of methoxy groups -OCH3 is 1. The summed E-state index contributed by atoms with van der Waals surface area (Å²) in [5, 5.41) is 0. The fraction of sp³-hybridized carbons (Fsp3) is 0.562. The molecule has 1 aliphatic heterocycles.